The maximum absolute atomic E-state index is 12.6. The van der Waals surface area contributed by atoms with E-state index in [0.717, 1.165) is 44.2 Å². The molecule has 0 saturated carbocycles. The molecule has 3 N–H and O–H groups in total. The van der Waals surface area contributed by atoms with Crippen LogP contribution in [0.3, 0.4) is 0 Å². The molecule has 0 spiro atoms. The fraction of sp³-hybridized carbons (Fsp3) is 0.0345. The third-order valence-electron chi connectivity index (χ3n) is 6.43. The van der Waals surface area contributed by atoms with Crippen LogP contribution in [-0.4, -0.2) is 41.0 Å². The zero-order valence-corrected chi connectivity index (χ0v) is 20.4. The van der Waals surface area contributed by atoms with Crippen molar-refractivity contribution in [2.45, 2.75) is 6.42 Å². The van der Waals surface area contributed by atoms with E-state index in [9.17, 15) is 4.79 Å². The van der Waals surface area contributed by atoms with Crippen LogP contribution in [0.4, 0.5) is 5.69 Å². The molecule has 7 aromatic rings. The maximum atomic E-state index is 12.6. The molecule has 0 aliphatic heterocycles. The Hall–Kier alpha value is -5.64. The molecule has 0 atom stereocenters. The van der Waals surface area contributed by atoms with Gasteiger partial charge in [0.25, 0.3) is 0 Å². The highest BCUT2D eigenvalue weighted by Crippen LogP contribution is 2.32. The van der Waals surface area contributed by atoms with Crippen molar-refractivity contribution in [2.75, 3.05) is 5.32 Å². The molecule has 6 heterocycles. The first kappa shape index (κ1) is 22.5. The molecule has 0 bridgehead atoms. The number of hydrogen-bond donors (Lipinski definition) is 3. The highest BCUT2D eigenvalue weighted by molar-refractivity contribution is 5.97. The van der Waals surface area contributed by atoms with Crippen LogP contribution in [0, 0.1) is 0 Å². The SMILES string of the molecule is O=C(Cc1ccccc1)Nc1cncc(-c2cnc3[nH]nc(-c4nc5c(-c6ccoc6)cncc5[nH]4)c3c2)c1. The number of carbonyl (C=O) groups excluding carboxylic acids is 1. The number of nitrogens with zero attached hydrogens (tertiary/aromatic N) is 5. The fourth-order valence-electron chi connectivity index (χ4n) is 4.57. The number of anilines is 1. The van der Waals surface area contributed by atoms with Gasteiger partial charge in [-0.05, 0) is 23.8 Å². The number of fused-ring (bicyclic) bond motifs is 2. The van der Waals surface area contributed by atoms with E-state index in [0.29, 0.717) is 22.9 Å². The van der Waals surface area contributed by atoms with Gasteiger partial charge >= 0.3 is 0 Å². The van der Waals surface area contributed by atoms with Gasteiger partial charge in [0.2, 0.25) is 5.91 Å². The molecule has 0 radical (unpaired) electrons. The minimum Gasteiger partial charge on any atom is -0.472 e. The van der Waals surface area contributed by atoms with Crippen molar-refractivity contribution in [2.24, 2.45) is 0 Å². The zero-order valence-electron chi connectivity index (χ0n) is 20.4. The quantitative estimate of drug-likeness (QED) is 0.271. The normalized spacial score (nSPS) is 11.3. The van der Waals surface area contributed by atoms with Crippen LogP contribution >= 0.6 is 0 Å². The highest BCUT2D eigenvalue weighted by Gasteiger charge is 2.17. The van der Waals surface area contributed by atoms with Crippen LogP contribution in [-0.2, 0) is 11.2 Å². The lowest BCUT2D eigenvalue weighted by Crippen LogP contribution is -2.14. The summed E-state index contributed by atoms with van der Waals surface area (Å²) >= 11 is 0. The van der Waals surface area contributed by atoms with Crippen LogP contribution in [0.5, 0.6) is 0 Å². The standard InChI is InChI=1S/C29H20N8O2/c38-25(8-17-4-2-1-3-5-17)33-21-9-19(11-30-13-21)20-10-22-27(36-37-28(22)32-12-20)29-34-24-15-31-14-23(26(24)35-29)18-6-7-39-16-18/h1-7,9-16H,8H2,(H,33,38)(H,34,35)(H,32,36,37). The van der Waals surface area contributed by atoms with E-state index in [1.165, 1.54) is 0 Å². The number of furan rings is 1. The first-order valence-electron chi connectivity index (χ1n) is 12.2. The van der Waals surface area contributed by atoms with Gasteiger partial charge in [-0.25, -0.2) is 9.97 Å². The van der Waals surface area contributed by atoms with Crippen LogP contribution in [0.2, 0.25) is 0 Å². The van der Waals surface area contributed by atoms with Crippen LogP contribution in [0.1, 0.15) is 5.56 Å². The number of nitrogens with one attached hydrogen (secondary N) is 3. The van der Waals surface area contributed by atoms with Gasteiger partial charge in [-0.15, -0.1) is 0 Å². The molecular formula is C29H20N8O2. The van der Waals surface area contributed by atoms with E-state index >= 15 is 0 Å². The van der Waals surface area contributed by atoms with Gasteiger partial charge in [-0.3, -0.25) is 19.9 Å². The number of carbonyl (C=O) groups is 1. The third-order valence-corrected chi connectivity index (χ3v) is 6.43. The number of benzene rings is 1. The van der Waals surface area contributed by atoms with Crippen LogP contribution < -0.4 is 5.32 Å². The summed E-state index contributed by atoms with van der Waals surface area (Å²) in [4.78, 5) is 34.0. The molecule has 1 amide bonds. The number of aromatic amines is 2. The van der Waals surface area contributed by atoms with Gasteiger partial charge in [0.15, 0.2) is 11.5 Å². The summed E-state index contributed by atoms with van der Waals surface area (Å²) in [5.41, 5.74) is 7.76. The predicted octanol–water partition coefficient (Wildman–Crippen LogP) is 5.40. The average Bonchev–Trinajstić information content (AvgIpc) is 3.73. The van der Waals surface area contributed by atoms with Crippen molar-refractivity contribution >= 4 is 33.7 Å². The molecule has 0 fully saturated rings. The molecule has 10 heteroatoms. The number of amides is 1. The van der Waals surface area contributed by atoms with Crippen LogP contribution in [0.15, 0.2) is 96.5 Å². The van der Waals surface area contributed by atoms with E-state index in [2.05, 4.69) is 35.5 Å². The van der Waals surface area contributed by atoms with Crippen molar-refractivity contribution in [3.05, 3.63) is 97.6 Å². The summed E-state index contributed by atoms with van der Waals surface area (Å²) in [5.74, 6) is 0.480. The van der Waals surface area contributed by atoms with E-state index in [-0.39, 0.29) is 12.3 Å². The van der Waals surface area contributed by atoms with Crippen LogP contribution in [0.25, 0.3) is 55.8 Å². The molecule has 7 rings (SSSR count). The molecule has 6 aromatic heterocycles. The molecule has 10 nitrogen and oxygen atoms in total. The number of hydrogen-bond acceptors (Lipinski definition) is 7. The van der Waals surface area contributed by atoms with E-state index in [1.54, 1.807) is 43.5 Å². The second-order valence-electron chi connectivity index (χ2n) is 9.05. The van der Waals surface area contributed by atoms with Crippen molar-refractivity contribution < 1.29 is 9.21 Å². The van der Waals surface area contributed by atoms with Crippen molar-refractivity contribution in [1.82, 2.24) is 35.1 Å². The molecule has 0 unspecified atom stereocenters. The third kappa shape index (κ3) is 4.29. The summed E-state index contributed by atoms with van der Waals surface area (Å²) < 4.78 is 5.25. The van der Waals surface area contributed by atoms with Crippen molar-refractivity contribution in [3.8, 4) is 33.8 Å². The zero-order chi connectivity index (χ0) is 26.2. The Morgan fingerprint density at radius 3 is 2.67 bits per heavy atom. The number of H-pyrrole nitrogens is 2. The smallest absolute Gasteiger partial charge is 0.228 e. The molecule has 39 heavy (non-hydrogen) atoms. The first-order valence-corrected chi connectivity index (χ1v) is 12.2. The van der Waals surface area contributed by atoms with E-state index in [4.69, 9.17) is 9.40 Å². The van der Waals surface area contributed by atoms with Gasteiger partial charge in [-0.2, -0.15) is 5.10 Å². The Balaban J connectivity index is 1.21. The first-order chi connectivity index (χ1) is 19.2. The Morgan fingerprint density at radius 2 is 1.79 bits per heavy atom. The van der Waals surface area contributed by atoms with E-state index in [1.807, 2.05) is 48.5 Å². The van der Waals surface area contributed by atoms with Crippen molar-refractivity contribution in [1.29, 1.82) is 0 Å². The highest BCUT2D eigenvalue weighted by atomic mass is 16.3. The molecular weight excluding hydrogens is 492 g/mol. The lowest BCUT2D eigenvalue weighted by Gasteiger charge is -2.07. The van der Waals surface area contributed by atoms with E-state index < -0.39 is 0 Å². The van der Waals surface area contributed by atoms with Gasteiger partial charge in [0.1, 0.15) is 11.2 Å². The summed E-state index contributed by atoms with van der Waals surface area (Å²) in [5, 5.41) is 11.2. The summed E-state index contributed by atoms with van der Waals surface area (Å²) in [7, 11) is 0. The number of rotatable bonds is 6. The molecule has 0 saturated heterocycles. The Morgan fingerprint density at radius 1 is 0.923 bits per heavy atom. The van der Waals surface area contributed by atoms with Gasteiger partial charge in [-0.1, -0.05) is 30.3 Å². The monoisotopic (exact) mass is 512 g/mol. The number of imidazole rings is 1. The summed E-state index contributed by atoms with van der Waals surface area (Å²) in [6.45, 7) is 0. The minimum absolute atomic E-state index is 0.111. The molecule has 0 aliphatic rings. The Labute approximate surface area is 221 Å². The second-order valence-corrected chi connectivity index (χ2v) is 9.05. The Bertz CT molecular complexity index is 1940. The van der Waals surface area contributed by atoms with Gasteiger partial charge in [0.05, 0.1) is 47.9 Å². The number of aromatic nitrogens is 7. The number of pyridine rings is 3. The topological polar surface area (TPSA) is 138 Å². The summed E-state index contributed by atoms with van der Waals surface area (Å²) in [6, 6.07) is 15.3. The van der Waals surface area contributed by atoms with Gasteiger partial charge in [0, 0.05) is 40.8 Å². The van der Waals surface area contributed by atoms with Gasteiger partial charge < -0.3 is 14.7 Å². The average molecular weight is 513 g/mol. The van der Waals surface area contributed by atoms with Crippen molar-refractivity contribution in [3.63, 3.8) is 0 Å². The lowest BCUT2D eigenvalue weighted by atomic mass is 10.1. The second kappa shape index (κ2) is 9.34. The predicted molar refractivity (Wildman–Crippen MR) is 146 cm³/mol. The molecule has 1 aromatic carbocycles. The maximum Gasteiger partial charge on any atom is 0.228 e. The molecule has 0 aliphatic carbocycles. The Kier molecular flexibility index (Phi) is 5.40. The summed E-state index contributed by atoms with van der Waals surface area (Å²) in [6.07, 6.45) is 12.2. The fourth-order valence-corrected chi connectivity index (χ4v) is 4.57. The largest absolute Gasteiger partial charge is 0.472 e. The lowest BCUT2D eigenvalue weighted by molar-refractivity contribution is -0.115. The minimum atomic E-state index is -0.111. The molecule has 188 valence electrons.